The van der Waals surface area contributed by atoms with Gasteiger partial charge in [0, 0.05) is 12.5 Å². The fourth-order valence-corrected chi connectivity index (χ4v) is 1.32. The molecule has 1 aliphatic carbocycles. The van der Waals surface area contributed by atoms with Crippen LogP contribution in [-0.2, 0) is 16.2 Å². The zero-order valence-electron chi connectivity index (χ0n) is 8.53. The molecule has 0 heterocycles. The van der Waals surface area contributed by atoms with E-state index in [1.165, 1.54) is 0 Å². The molecule has 0 aliphatic heterocycles. The average Bonchev–Trinajstić information content (AvgIpc) is 3.09. The molecule has 0 amide bonds. The molecule has 1 N–H and O–H groups in total. The van der Waals surface area contributed by atoms with Gasteiger partial charge in [-0.1, -0.05) is 24.3 Å². The van der Waals surface area contributed by atoms with Crippen molar-refractivity contribution in [3.63, 3.8) is 0 Å². The van der Waals surface area contributed by atoms with Crippen LogP contribution in [0.25, 0.3) is 0 Å². The fourth-order valence-electron chi connectivity index (χ4n) is 1.32. The monoisotopic (exact) mass is 204 g/mol. The van der Waals surface area contributed by atoms with Crippen LogP contribution in [0.3, 0.4) is 0 Å². The van der Waals surface area contributed by atoms with Crippen LogP contribution in [0.15, 0.2) is 24.3 Å². The van der Waals surface area contributed by atoms with Gasteiger partial charge in [0.2, 0.25) is 0 Å². The van der Waals surface area contributed by atoms with E-state index in [1.54, 1.807) is 0 Å². The third kappa shape index (κ3) is 3.46. The minimum atomic E-state index is 0.184. The Kier molecular flexibility index (Phi) is 3.48. The molecule has 0 atom stereocenters. The zero-order valence-corrected chi connectivity index (χ0v) is 8.53. The Morgan fingerprint density at radius 3 is 2.87 bits per heavy atom. The number of rotatable bonds is 6. The van der Waals surface area contributed by atoms with E-state index in [9.17, 15) is 4.79 Å². The van der Waals surface area contributed by atoms with Gasteiger partial charge in [0.25, 0.3) is 0 Å². The van der Waals surface area contributed by atoms with Crippen molar-refractivity contribution in [2.24, 2.45) is 5.92 Å². The molecule has 2 rings (SSSR count). The Morgan fingerprint density at radius 1 is 1.47 bits per heavy atom. The lowest BCUT2D eigenvalue weighted by Gasteiger charge is -2.04. The highest BCUT2D eigenvalue weighted by atomic mass is 16.6. The van der Waals surface area contributed by atoms with Gasteiger partial charge in [-0.15, -0.1) is 0 Å². The number of nitrogens with one attached hydrogen (secondary N) is 1. The maximum absolute atomic E-state index is 11.2. The SMILES string of the molecule is O=C(CONCc1cc[c]cc1)C1CC1. The summed E-state index contributed by atoms with van der Waals surface area (Å²) in [5.41, 5.74) is 3.90. The standard InChI is InChI=1S/C12H14NO2/c14-12(11-6-7-11)9-15-13-8-10-4-2-1-3-5-10/h2-5,11,13H,6-9H2. The van der Waals surface area contributed by atoms with Crippen molar-refractivity contribution in [3.05, 3.63) is 35.9 Å². The van der Waals surface area contributed by atoms with E-state index in [4.69, 9.17) is 4.84 Å². The summed E-state index contributed by atoms with van der Waals surface area (Å²) in [6.07, 6.45) is 2.08. The van der Waals surface area contributed by atoms with Gasteiger partial charge in [-0.25, -0.2) is 0 Å². The summed E-state index contributed by atoms with van der Waals surface area (Å²) in [4.78, 5) is 16.3. The van der Waals surface area contributed by atoms with Crippen molar-refractivity contribution >= 4 is 5.78 Å². The van der Waals surface area contributed by atoms with E-state index in [0.717, 1.165) is 18.4 Å². The highest BCUT2D eigenvalue weighted by Crippen LogP contribution is 2.29. The predicted octanol–water partition coefficient (Wildman–Crippen LogP) is 1.49. The topological polar surface area (TPSA) is 38.3 Å². The molecular weight excluding hydrogens is 190 g/mol. The summed E-state index contributed by atoms with van der Waals surface area (Å²) < 4.78 is 0. The highest BCUT2D eigenvalue weighted by molar-refractivity contribution is 5.84. The number of carbonyl (C=O) groups excluding carboxylic acids is 1. The number of hydroxylamine groups is 1. The summed E-state index contributed by atoms with van der Waals surface area (Å²) in [6.45, 7) is 0.802. The molecule has 15 heavy (non-hydrogen) atoms. The fraction of sp³-hybridized carbons (Fsp3) is 0.417. The van der Waals surface area contributed by atoms with Gasteiger partial charge < -0.3 is 0 Å². The first-order chi connectivity index (χ1) is 7.36. The van der Waals surface area contributed by atoms with Crippen LogP contribution in [0, 0.1) is 12.0 Å². The Balaban J connectivity index is 1.60. The Morgan fingerprint density at radius 2 is 2.20 bits per heavy atom. The van der Waals surface area contributed by atoms with Crippen LogP contribution < -0.4 is 5.48 Å². The molecule has 3 heteroatoms. The highest BCUT2D eigenvalue weighted by Gasteiger charge is 2.29. The van der Waals surface area contributed by atoms with Gasteiger partial charge in [-0.05, 0) is 24.5 Å². The van der Waals surface area contributed by atoms with Crippen molar-refractivity contribution in [2.45, 2.75) is 19.4 Å². The molecule has 1 aromatic carbocycles. The zero-order chi connectivity index (χ0) is 10.5. The second-order valence-electron chi connectivity index (χ2n) is 3.76. The number of hydrogen-bond acceptors (Lipinski definition) is 3. The minimum absolute atomic E-state index is 0.184. The summed E-state index contributed by atoms with van der Waals surface area (Å²) >= 11 is 0. The smallest absolute Gasteiger partial charge is 0.163 e. The summed E-state index contributed by atoms with van der Waals surface area (Å²) in [6, 6.07) is 10.6. The summed E-state index contributed by atoms with van der Waals surface area (Å²) in [5, 5.41) is 0. The van der Waals surface area contributed by atoms with E-state index >= 15 is 0 Å². The molecule has 0 saturated heterocycles. The normalized spacial score (nSPS) is 15.2. The van der Waals surface area contributed by atoms with Crippen LogP contribution in [0.4, 0.5) is 0 Å². The lowest BCUT2D eigenvalue weighted by Crippen LogP contribution is -2.20. The quantitative estimate of drug-likeness (QED) is 0.563. The molecule has 1 aromatic rings. The maximum Gasteiger partial charge on any atom is 0.163 e. The minimum Gasteiger partial charge on any atom is -0.297 e. The van der Waals surface area contributed by atoms with E-state index < -0.39 is 0 Å². The third-order valence-corrected chi connectivity index (χ3v) is 2.41. The van der Waals surface area contributed by atoms with E-state index in [-0.39, 0.29) is 18.3 Å². The Labute approximate surface area is 89.4 Å². The maximum atomic E-state index is 11.2. The van der Waals surface area contributed by atoms with Crippen LogP contribution in [-0.4, -0.2) is 12.4 Å². The van der Waals surface area contributed by atoms with Crippen molar-refractivity contribution < 1.29 is 9.63 Å². The Hall–Kier alpha value is -1.19. The van der Waals surface area contributed by atoms with Crippen LogP contribution in [0.2, 0.25) is 0 Å². The molecule has 0 aromatic heterocycles. The molecule has 1 radical (unpaired) electrons. The molecule has 0 unspecified atom stereocenters. The first-order valence-electron chi connectivity index (χ1n) is 5.18. The van der Waals surface area contributed by atoms with Crippen LogP contribution in [0.5, 0.6) is 0 Å². The molecule has 1 fully saturated rings. The van der Waals surface area contributed by atoms with E-state index in [2.05, 4.69) is 11.5 Å². The van der Waals surface area contributed by atoms with Crippen molar-refractivity contribution in [3.8, 4) is 0 Å². The first-order valence-corrected chi connectivity index (χ1v) is 5.18. The molecular formula is C12H14NO2. The van der Waals surface area contributed by atoms with E-state index in [1.807, 2.05) is 24.3 Å². The first kappa shape index (κ1) is 10.3. The third-order valence-electron chi connectivity index (χ3n) is 2.41. The molecule has 79 valence electrons. The van der Waals surface area contributed by atoms with Gasteiger partial charge in [0.15, 0.2) is 5.78 Å². The van der Waals surface area contributed by atoms with Gasteiger partial charge in [-0.3, -0.25) is 9.63 Å². The number of hydrogen-bond donors (Lipinski definition) is 1. The van der Waals surface area contributed by atoms with Crippen molar-refractivity contribution in [1.29, 1.82) is 0 Å². The van der Waals surface area contributed by atoms with E-state index in [0.29, 0.717) is 6.54 Å². The number of benzene rings is 1. The van der Waals surface area contributed by atoms with Crippen LogP contribution >= 0.6 is 0 Å². The molecule has 0 spiro atoms. The van der Waals surface area contributed by atoms with Gasteiger partial charge in [0.1, 0.15) is 6.61 Å². The van der Waals surface area contributed by atoms with Gasteiger partial charge >= 0.3 is 0 Å². The lowest BCUT2D eigenvalue weighted by molar-refractivity contribution is -0.127. The second-order valence-corrected chi connectivity index (χ2v) is 3.76. The number of carbonyl (C=O) groups is 1. The van der Waals surface area contributed by atoms with Gasteiger partial charge in [-0.2, -0.15) is 5.48 Å². The average molecular weight is 204 g/mol. The predicted molar refractivity (Wildman–Crippen MR) is 55.8 cm³/mol. The molecule has 3 nitrogen and oxygen atoms in total. The molecule has 1 aliphatic rings. The van der Waals surface area contributed by atoms with Crippen molar-refractivity contribution in [1.82, 2.24) is 5.48 Å². The molecule has 1 saturated carbocycles. The second kappa shape index (κ2) is 5.05. The summed E-state index contributed by atoms with van der Waals surface area (Å²) in [5.74, 6) is 0.488. The number of Topliss-reactive ketones (excluding diaryl/α,β-unsaturated/α-hetero) is 1. The van der Waals surface area contributed by atoms with Gasteiger partial charge in [0.05, 0.1) is 0 Å². The van der Waals surface area contributed by atoms with Crippen molar-refractivity contribution in [2.75, 3.05) is 6.61 Å². The summed E-state index contributed by atoms with van der Waals surface area (Å²) in [7, 11) is 0. The van der Waals surface area contributed by atoms with Crippen LogP contribution in [0.1, 0.15) is 18.4 Å². The molecule has 0 bridgehead atoms. The Bertz CT molecular complexity index is 320. The lowest BCUT2D eigenvalue weighted by atomic mass is 10.2. The number of ketones is 1. The largest absolute Gasteiger partial charge is 0.297 e.